The number of carbonyl (C=O) groups excluding carboxylic acids is 2. The average molecular weight is 954 g/mol. The summed E-state index contributed by atoms with van der Waals surface area (Å²) in [5.74, 6) is -4.55. The zero-order chi connectivity index (χ0) is 47.8. The molecule has 2 bridgehead atoms. The Morgan fingerprint density at radius 3 is 2.22 bits per heavy atom. The Balaban J connectivity index is 0.748. The van der Waals surface area contributed by atoms with Gasteiger partial charge in [-0.05, 0) is 98.0 Å². The van der Waals surface area contributed by atoms with Crippen molar-refractivity contribution in [3.8, 4) is 23.0 Å². The van der Waals surface area contributed by atoms with Crippen molar-refractivity contribution < 1.29 is 41.4 Å². The van der Waals surface area contributed by atoms with Gasteiger partial charge in [0.25, 0.3) is 0 Å². The highest BCUT2D eigenvalue weighted by molar-refractivity contribution is 6.02. The molecule has 6 aliphatic rings. The van der Waals surface area contributed by atoms with E-state index in [1.54, 1.807) is 12.3 Å². The van der Waals surface area contributed by atoms with Crippen molar-refractivity contribution in [2.24, 2.45) is 5.41 Å². The number of ether oxygens (including phenoxy) is 1. The third kappa shape index (κ3) is 8.92. The van der Waals surface area contributed by atoms with Gasteiger partial charge in [0, 0.05) is 112 Å². The molecule has 13 nitrogen and oxygen atoms in total. The number of imide groups is 1. The number of phenolic OH excluding ortho intramolecular Hbond substituents is 1. The topological polar surface area (TPSA) is 139 Å². The predicted molar refractivity (Wildman–Crippen MR) is 250 cm³/mol. The van der Waals surface area contributed by atoms with Gasteiger partial charge in [0.1, 0.15) is 45.9 Å². The van der Waals surface area contributed by atoms with Crippen LogP contribution in [0.5, 0.6) is 11.8 Å². The second kappa shape index (κ2) is 17.9. The molecule has 2 amide bonds. The number of hydrogen-bond donors (Lipinski definition) is 3. The maximum Gasteiger partial charge on any atom is 0.319 e. The van der Waals surface area contributed by atoms with Crippen LogP contribution in [-0.4, -0.2) is 131 Å². The maximum atomic E-state index is 17.1. The third-order valence-electron chi connectivity index (χ3n) is 15.6. The quantitative estimate of drug-likeness (QED) is 0.0885. The number of piperidine rings is 2. The van der Waals surface area contributed by atoms with E-state index in [0.29, 0.717) is 118 Å². The number of nitrogens with zero attached hydrogens (tertiary/aromatic N) is 7. The van der Waals surface area contributed by atoms with Crippen molar-refractivity contribution >= 4 is 45.0 Å². The molecule has 69 heavy (non-hydrogen) atoms. The molecule has 18 heteroatoms. The van der Waals surface area contributed by atoms with Gasteiger partial charge in [-0.1, -0.05) is 13.0 Å². The molecule has 5 aliphatic heterocycles. The van der Waals surface area contributed by atoms with Crippen LogP contribution in [0.2, 0.25) is 0 Å². The van der Waals surface area contributed by atoms with Crippen LogP contribution in [0.25, 0.3) is 32.9 Å². The molecule has 5 aromatic rings. The molecule has 5 saturated heterocycles. The Bertz CT molecular complexity index is 2820. The van der Waals surface area contributed by atoms with Crippen molar-refractivity contribution in [2.45, 2.75) is 88.4 Å². The number of aromatic nitrogens is 3. The smallest absolute Gasteiger partial charge is 0.319 e. The highest BCUT2D eigenvalue weighted by Crippen LogP contribution is 2.48. The normalized spacial score (nSPS) is 23.8. The maximum absolute atomic E-state index is 17.1. The Kier molecular flexibility index (Phi) is 11.9. The molecule has 2 aromatic heterocycles. The van der Waals surface area contributed by atoms with Crippen molar-refractivity contribution in [1.29, 1.82) is 0 Å². The molecule has 364 valence electrons. The molecular weight excluding hydrogens is 898 g/mol. The molecular formula is C51H56F5N9O4. The molecule has 3 atom stereocenters. The van der Waals surface area contributed by atoms with Crippen LogP contribution in [0.15, 0.2) is 42.6 Å². The average Bonchev–Trinajstić information content (AvgIpc) is 4.02. The van der Waals surface area contributed by atoms with Crippen LogP contribution in [0.4, 0.5) is 33.5 Å². The lowest BCUT2D eigenvalue weighted by atomic mass is 9.89. The molecule has 3 aromatic carbocycles. The van der Waals surface area contributed by atoms with Crippen LogP contribution in [0, 0.1) is 28.7 Å². The molecule has 7 heterocycles. The van der Waals surface area contributed by atoms with Crippen molar-refractivity contribution in [1.82, 2.24) is 35.4 Å². The summed E-state index contributed by atoms with van der Waals surface area (Å²) in [5, 5.41) is 18.0. The van der Waals surface area contributed by atoms with Crippen LogP contribution in [-0.2, 0) is 16.0 Å². The van der Waals surface area contributed by atoms with Crippen molar-refractivity contribution in [3.05, 3.63) is 77.0 Å². The van der Waals surface area contributed by atoms with E-state index in [1.807, 2.05) is 11.8 Å². The third-order valence-corrected chi connectivity index (χ3v) is 15.6. The number of rotatable bonds is 12. The SMILES string of the molecule is CCc1c(F)ccc2cc(O)cc(-c3ncc4c(N5CC6CCC(C5)N6)nc(OCC5(CN6CCC(F)(CN7CCN(c8cc(F)c(C9CCC(=O)NC9=O)c(F)c8)CC7)CC6)CC5)nc4c3F)c12. The lowest BCUT2D eigenvalue weighted by Gasteiger charge is -2.43. The molecule has 11 rings (SSSR count). The Morgan fingerprint density at radius 1 is 0.826 bits per heavy atom. The van der Waals surface area contributed by atoms with Gasteiger partial charge in [0.15, 0.2) is 5.82 Å². The first-order valence-corrected chi connectivity index (χ1v) is 24.4. The molecule has 6 fully saturated rings. The van der Waals surface area contributed by atoms with Gasteiger partial charge in [-0.3, -0.25) is 24.8 Å². The number of benzene rings is 3. The fourth-order valence-corrected chi connectivity index (χ4v) is 11.6. The Labute approximate surface area is 396 Å². The Hall–Kier alpha value is -5.72. The predicted octanol–water partition coefficient (Wildman–Crippen LogP) is 6.92. The number of aromatic hydroxyl groups is 1. The number of amides is 2. The number of nitrogens with one attached hydrogen (secondary N) is 2. The first kappa shape index (κ1) is 45.7. The number of aryl methyl sites for hydroxylation is 1. The van der Waals surface area contributed by atoms with E-state index in [9.17, 15) is 14.7 Å². The van der Waals surface area contributed by atoms with E-state index in [1.165, 1.54) is 30.3 Å². The minimum atomic E-state index is -1.39. The minimum absolute atomic E-state index is 0.0183. The largest absolute Gasteiger partial charge is 0.508 e. The fraction of sp³-hybridized carbons (Fsp3) is 0.510. The van der Waals surface area contributed by atoms with Gasteiger partial charge in [-0.25, -0.2) is 22.0 Å². The summed E-state index contributed by atoms with van der Waals surface area (Å²) in [7, 11) is 0. The second-order valence-corrected chi connectivity index (χ2v) is 20.3. The van der Waals surface area contributed by atoms with E-state index in [2.05, 4.69) is 35.3 Å². The zero-order valence-corrected chi connectivity index (χ0v) is 38.6. The number of pyridine rings is 1. The number of halogens is 5. The van der Waals surface area contributed by atoms with E-state index >= 15 is 22.0 Å². The number of anilines is 2. The molecule has 1 aliphatic carbocycles. The summed E-state index contributed by atoms with van der Waals surface area (Å²) < 4.78 is 85.8. The van der Waals surface area contributed by atoms with Gasteiger partial charge in [0.05, 0.1) is 17.9 Å². The summed E-state index contributed by atoms with van der Waals surface area (Å²) >= 11 is 0. The van der Waals surface area contributed by atoms with Gasteiger partial charge >= 0.3 is 6.01 Å². The van der Waals surface area contributed by atoms with E-state index in [-0.39, 0.29) is 71.0 Å². The number of hydrogen-bond acceptors (Lipinski definition) is 12. The van der Waals surface area contributed by atoms with Gasteiger partial charge < -0.3 is 29.9 Å². The number of alkyl halides is 1. The standard InChI is InChI=1S/C51H56F5N9O4/c1-2-34-38(52)7-3-29-19-33(66)22-36(42(29)34)45-44(55)46-37(23-57-45)47(65-24-30-4-5-31(25-65)58-30)61-49(60-46)69-28-50(9-10-50)26-62-13-11-51(56,12-14-62)27-63-15-17-64(18-16-63)32-20-39(53)43(40(54)21-32)35-6-8-41(67)59-48(35)68/h3,7,19-23,30-31,35,58,66H,2,4-6,8-18,24-28H2,1H3,(H,59,67,68). The van der Waals surface area contributed by atoms with Crippen molar-refractivity contribution in [3.63, 3.8) is 0 Å². The molecule has 3 N–H and O–H groups in total. The number of likely N-dealkylation sites (tertiary alicyclic amines) is 1. The lowest BCUT2D eigenvalue weighted by molar-refractivity contribution is -0.134. The minimum Gasteiger partial charge on any atom is -0.508 e. The summed E-state index contributed by atoms with van der Waals surface area (Å²) in [6, 6.07) is 8.95. The van der Waals surface area contributed by atoms with Gasteiger partial charge in [-0.15, -0.1) is 0 Å². The van der Waals surface area contributed by atoms with Crippen molar-refractivity contribution in [2.75, 3.05) is 81.9 Å². The second-order valence-electron chi connectivity index (χ2n) is 20.3. The van der Waals surface area contributed by atoms with E-state index in [0.717, 1.165) is 25.7 Å². The zero-order valence-electron chi connectivity index (χ0n) is 38.6. The molecule has 1 saturated carbocycles. The number of phenols is 1. The first-order valence-electron chi connectivity index (χ1n) is 24.4. The van der Waals surface area contributed by atoms with Crippen LogP contribution < -0.4 is 25.2 Å². The van der Waals surface area contributed by atoms with Crippen LogP contribution in [0.1, 0.15) is 75.3 Å². The van der Waals surface area contributed by atoms with Crippen LogP contribution in [0.3, 0.4) is 0 Å². The number of carbonyl (C=O) groups is 2. The highest BCUT2D eigenvalue weighted by Gasteiger charge is 2.47. The van der Waals surface area contributed by atoms with Gasteiger partial charge in [-0.2, -0.15) is 9.97 Å². The Morgan fingerprint density at radius 2 is 1.54 bits per heavy atom. The van der Waals surface area contributed by atoms with Crippen LogP contribution >= 0.6 is 0 Å². The molecule has 0 spiro atoms. The highest BCUT2D eigenvalue weighted by atomic mass is 19.2. The molecule has 3 unspecified atom stereocenters. The number of piperazine rings is 2. The monoisotopic (exact) mass is 953 g/mol. The van der Waals surface area contributed by atoms with Gasteiger partial charge in [0.2, 0.25) is 11.8 Å². The molecule has 0 radical (unpaired) electrons. The lowest BCUT2D eigenvalue weighted by Crippen LogP contribution is -2.54. The summed E-state index contributed by atoms with van der Waals surface area (Å²) in [4.78, 5) is 46.5. The first-order chi connectivity index (χ1) is 33.2. The van der Waals surface area contributed by atoms with E-state index < -0.39 is 46.7 Å². The summed E-state index contributed by atoms with van der Waals surface area (Å²) in [6.07, 6.45) is 6.60. The van der Waals surface area contributed by atoms with E-state index in [4.69, 9.17) is 9.72 Å². The summed E-state index contributed by atoms with van der Waals surface area (Å²) in [5.41, 5.74) is -0.900. The summed E-state index contributed by atoms with van der Waals surface area (Å²) in [6.45, 7) is 7.59. The fourth-order valence-electron chi connectivity index (χ4n) is 11.6. The number of fused-ring (bicyclic) bond motifs is 4.